The molecule has 23 heavy (non-hydrogen) atoms. The Morgan fingerprint density at radius 3 is 2.48 bits per heavy atom. The topological polar surface area (TPSA) is 117 Å². The standard InChI is InChI=1S/C14H21N3.C2H2O4/c1-2-3-6-9-15-10-11-17-12-16-13-7-4-5-8-14(13)17;3-1(4)2(5)6/h4-5,7-8,12,15H,2-3,6,9-11H2,1H3;(H,3,4)(H,5,6). The van der Waals surface area contributed by atoms with E-state index in [1.54, 1.807) is 0 Å². The summed E-state index contributed by atoms with van der Waals surface area (Å²) in [6.07, 6.45) is 6.08. The molecule has 0 saturated carbocycles. The predicted octanol–water partition coefficient (Wildman–Crippen LogP) is -2.30. The number of aliphatic carboxylic acids is 2. The Morgan fingerprint density at radius 1 is 1.13 bits per heavy atom. The molecule has 7 nitrogen and oxygen atoms in total. The lowest BCUT2D eigenvalue weighted by Gasteiger charge is -1.99. The van der Waals surface area contributed by atoms with Crippen LogP contribution in [0.3, 0.4) is 0 Å². The minimum absolute atomic E-state index is 1.08. The van der Waals surface area contributed by atoms with Crippen LogP contribution < -0.4 is 20.1 Å². The highest BCUT2D eigenvalue weighted by Gasteiger charge is 2.07. The number of hydrogen-bond acceptors (Lipinski definition) is 4. The Morgan fingerprint density at radius 2 is 1.83 bits per heavy atom. The SMILES string of the molecule is CCCCC[NH2+]CC[n+]1c[nH]c2ccccc21.O=C([O-])C(=O)[O-]. The van der Waals surface area contributed by atoms with Crippen molar-refractivity contribution in [3.05, 3.63) is 30.6 Å². The third-order valence-electron chi connectivity index (χ3n) is 3.34. The molecule has 2 aromatic rings. The third kappa shape index (κ3) is 6.92. The van der Waals surface area contributed by atoms with Gasteiger partial charge < -0.3 is 25.1 Å². The Bertz CT molecular complexity index is 613. The van der Waals surface area contributed by atoms with E-state index in [4.69, 9.17) is 19.8 Å². The van der Waals surface area contributed by atoms with E-state index in [1.807, 2.05) is 0 Å². The molecule has 0 atom stereocenters. The molecule has 0 aliphatic rings. The van der Waals surface area contributed by atoms with Gasteiger partial charge in [-0.15, -0.1) is 0 Å². The van der Waals surface area contributed by atoms with E-state index in [1.165, 1.54) is 36.8 Å². The maximum atomic E-state index is 8.93. The number of nitrogens with one attached hydrogen (secondary N) is 1. The molecule has 2 rings (SSSR count). The van der Waals surface area contributed by atoms with Gasteiger partial charge in [-0.05, 0) is 25.0 Å². The number of nitrogens with zero attached hydrogens (tertiary/aromatic N) is 1. The van der Waals surface area contributed by atoms with Gasteiger partial charge in [-0.3, -0.25) is 0 Å². The first kappa shape index (κ1) is 18.6. The molecule has 3 N–H and O–H groups in total. The van der Waals surface area contributed by atoms with Crippen molar-refractivity contribution in [3.63, 3.8) is 0 Å². The minimum Gasteiger partial charge on any atom is -0.543 e. The van der Waals surface area contributed by atoms with Gasteiger partial charge in [0, 0.05) is 0 Å². The number of carbonyl (C=O) groups excluding carboxylic acids is 2. The van der Waals surface area contributed by atoms with Crippen LogP contribution in [-0.4, -0.2) is 30.0 Å². The molecule has 0 fully saturated rings. The fraction of sp³-hybridized carbons (Fsp3) is 0.438. The molecule has 0 aliphatic heterocycles. The second-order valence-electron chi connectivity index (χ2n) is 5.13. The summed E-state index contributed by atoms with van der Waals surface area (Å²) in [5, 5.41) is 20.3. The van der Waals surface area contributed by atoms with Crippen LogP contribution >= 0.6 is 0 Å². The quantitative estimate of drug-likeness (QED) is 0.339. The summed E-state index contributed by atoms with van der Waals surface area (Å²) >= 11 is 0. The number of aromatic amines is 1. The van der Waals surface area contributed by atoms with E-state index in [2.05, 4.69) is 52.4 Å². The van der Waals surface area contributed by atoms with E-state index in [0.717, 1.165) is 13.1 Å². The summed E-state index contributed by atoms with van der Waals surface area (Å²) in [6.45, 7) is 5.75. The zero-order valence-electron chi connectivity index (χ0n) is 13.3. The van der Waals surface area contributed by atoms with Crippen LogP contribution in [0.5, 0.6) is 0 Å². The van der Waals surface area contributed by atoms with Gasteiger partial charge in [0.25, 0.3) is 0 Å². The molecular formula is C16H23N3O4. The molecule has 0 unspecified atom stereocenters. The molecule has 0 saturated heterocycles. The first-order valence-electron chi connectivity index (χ1n) is 7.75. The summed E-state index contributed by atoms with van der Waals surface area (Å²) < 4.78 is 2.30. The van der Waals surface area contributed by atoms with E-state index >= 15 is 0 Å². The lowest BCUT2D eigenvalue weighted by Crippen LogP contribution is -2.85. The van der Waals surface area contributed by atoms with Gasteiger partial charge in [0.15, 0.2) is 11.0 Å². The Kier molecular flexibility index (Phi) is 8.38. The number of rotatable bonds is 7. The maximum Gasteiger partial charge on any atom is 0.242 e. The van der Waals surface area contributed by atoms with Gasteiger partial charge in [-0.25, -0.2) is 9.55 Å². The van der Waals surface area contributed by atoms with Crippen LogP contribution in [0.1, 0.15) is 26.2 Å². The fourth-order valence-electron chi connectivity index (χ4n) is 2.16. The Labute approximate surface area is 135 Å². The molecule has 0 bridgehead atoms. The molecule has 1 aromatic carbocycles. The van der Waals surface area contributed by atoms with Gasteiger partial charge >= 0.3 is 0 Å². The van der Waals surface area contributed by atoms with Crippen LogP contribution in [0.4, 0.5) is 0 Å². The maximum absolute atomic E-state index is 8.93. The van der Waals surface area contributed by atoms with Crippen LogP contribution in [0.25, 0.3) is 11.0 Å². The number of aromatic nitrogens is 2. The average Bonchev–Trinajstić information content (AvgIpc) is 2.94. The van der Waals surface area contributed by atoms with Crippen molar-refractivity contribution in [1.29, 1.82) is 0 Å². The number of quaternary nitrogens is 1. The Balaban J connectivity index is 0.000000379. The number of imidazole rings is 1. The van der Waals surface area contributed by atoms with Crippen molar-refractivity contribution in [2.75, 3.05) is 13.1 Å². The number of H-pyrrole nitrogens is 1. The van der Waals surface area contributed by atoms with Crippen molar-refractivity contribution in [2.24, 2.45) is 0 Å². The van der Waals surface area contributed by atoms with Gasteiger partial charge in [0.2, 0.25) is 6.33 Å². The van der Waals surface area contributed by atoms with Gasteiger partial charge in [0.05, 0.1) is 18.5 Å². The summed E-state index contributed by atoms with van der Waals surface area (Å²) in [6, 6.07) is 8.46. The number of unbranched alkanes of at least 4 members (excludes halogenated alkanes) is 2. The molecule has 0 aliphatic carbocycles. The molecule has 126 valence electrons. The lowest BCUT2D eigenvalue weighted by molar-refractivity contribution is -0.738. The monoisotopic (exact) mass is 321 g/mol. The van der Waals surface area contributed by atoms with Crippen molar-refractivity contribution in [2.45, 2.75) is 32.7 Å². The zero-order chi connectivity index (χ0) is 17.1. The van der Waals surface area contributed by atoms with Crippen LogP contribution in [0.2, 0.25) is 0 Å². The molecule has 1 aromatic heterocycles. The number of nitrogens with two attached hydrogens (primary N) is 1. The Hall–Kier alpha value is -2.41. The highest BCUT2D eigenvalue weighted by molar-refractivity contribution is 6.25. The van der Waals surface area contributed by atoms with Crippen LogP contribution in [-0.2, 0) is 16.1 Å². The number of carboxylic acids is 2. The molecule has 0 amide bonds. The van der Waals surface area contributed by atoms with Gasteiger partial charge in [0.1, 0.15) is 13.1 Å². The molecule has 0 radical (unpaired) electrons. The van der Waals surface area contributed by atoms with Crippen molar-refractivity contribution >= 4 is 23.0 Å². The third-order valence-corrected chi connectivity index (χ3v) is 3.34. The van der Waals surface area contributed by atoms with E-state index in [0.29, 0.717) is 0 Å². The van der Waals surface area contributed by atoms with Crippen LogP contribution in [0, 0.1) is 0 Å². The molecule has 1 heterocycles. The number of carbonyl (C=O) groups is 2. The van der Waals surface area contributed by atoms with Crippen molar-refractivity contribution in [3.8, 4) is 0 Å². The first-order chi connectivity index (χ1) is 11.1. The van der Waals surface area contributed by atoms with Crippen LogP contribution in [0.15, 0.2) is 30.6 Å². The van der Waals surface area contributed by atoms with E-state index < -0.39 is 11.9 Å². The molecule has 0 spiro atoms. The van der Waals surface area contributed by atoms with E-state index in [-0.39, 0.29) is 0 Å². The highest BCUT2D eigenvalue weighted by atomic mass is 16.4. The predicted molar refractivity (Wildman–Crippen MR) is 79.7 cm³/mol. The summed E-state index contributed by atoms with van der Waals surface area (Å²) in [5.74, 6) is -4.37. The largest absolute Gasteiger partial charge is 0.543 e. The summed E-state index contributed by atoms with van der Waals surface area (Å²) in [5.41, 5.74) is 2.52. The second-order valence-corrected chi connectivity index (χ2v) is 5.13. The normalized spacial score (nSPS) is 10.1. The van der Waals surface area contributed by atoms with Gasteiger partial charge in [-0.2, -0.15) is 0 Å². The van der Waals surface area contributed by atoms with Crippen molar-refractivity contribution < 1.29 is 29.7 Å². The van der Waals surface area contributed by atoms with E-state index in [9.17, 15) is 0 Å². The smallest absolute Gasteiger partial charge is 0.242 e. The highest BCUT2D eigenvalue weighted by Crippen LogP contribution is 2.04. The average molecular weight is 321 g/mol. The number of para-hydroxylation sites is 2. The summed E-state index contributed by atoms with van der Waals surface area (Å²) in [7, 11) is 0. The van der Waals surface area contributed by atoms with Gasteiger partial charge in [-0.1, -0.05) is 25.5 Å². The zero-order valence-corrected chi connectivity index (χ0v) is 13.3. The molecular weight excluding hydrogens is 298 g/mol. The molecule has 7 heteroatoms. The minimum atomic E-state index is -2.19. The van der Waals surface area contributed by atoms with Crippen molar-refractivity contribution in [1.82, 2.24) is 4.98 Å². The fourth-order valence-corrected chi connectivity index (χ4v) is 2.16. The number of benzene rings is 1. The first-order valence-corrected chi connectivity index (χ1v) is 7.75. The lowest BCUT2D eigenvalue weighted by atomic mass is 10.2. The summed E-state index contributed by atoms with van der Waals surface area (Å²) in [4.78, 5) is 21.2. The number of fused-ring (bicyclic) bond motifs is 1. The number of carboxylic acid groups (broad SMARTS) is 2. The second kappa shape index (κ2) is 10.3. The number of hydrogen-bond donors (Lipinski definition) is 2.